The quantitative estimate of drug-likeness (QED) is 0.702. The lowest BCUT2D eigenvalue weighted by molar-refractivity contribution is -0.116. The first-order valence-electron chi connectivity index (χ1n) is 7.60. The van der Waals surface area contributed by atoms with Gasteiger partial charge in [-0.15, -0.1) is 11.3 Å². The number of likely N-dealkylation sites (N-methyl/N-ethyl adjacent to an activating group) is 1. The van der Waals surface area contributed by atoms with Crippen molar-refractivity contribution in [1.29, 1.82) is 0 Å². The number of aryl methyl sites for hydroxylation is 2. The van der Waals surface area contributed by atoms with Crippen LogP contribution in [-0.2, 0) is 11.8 Å². The highest BCUT2D eigenvalue weighted by molar-refractivity contribution is 9.10. The van der Waals surface area contributed by atoms with E-state index in [9.17, 15) is 9.59 Å². The lowest BCUT2D eigenvalue weighted by Gasteiger charge is -2.16. The molecule has 0 aliphatic heterocycles. The van der Waals surface area contributed by atoms with Crippen LogP contribution in [0.1, 0.15) is 15.4 Å². The SMILES string of the molecule is Cc1nn(C)c2sc(C(=O)N(C)CC(=O)Nc3ccccc3Br)cc12. The van der Waals surface area contributed by atoms with Crippen LogP contribution < -0.4 is 5.32 Å². The number of benzene rings is 1. The molecule has 6 nitrogen and oxygen atoms in total. The zero-order chi connectivity index (χ0) is 18.1. The van der Waals surface area contributed by atoms with Crippen LogP contribution in [0.15, 0.2) is 34.8 Å². The molecule has 0 spiro atoms. The van der Waals surface area contributed by atoms with E-state index < -0.39 is 0 Å². The monoisotopic (exact) mass is 420 g/mol. The van der Waals surface area contributed by atoms with Gasteiger partial charge in [-0.2, -0.15) is 5.10 Å². The van der Waals surface area contributed by atoms with Crippen molar-refractivity contribution in [2.75, 3.05) is 18.9 Å². The molecule has 0 saturated carbocycles. The third kappa shape index (κ3) is 3.59. The minimum absolute atomic E-state index is 0.0222. The summed E-state index contributed by atoms with van der Waals surface area (Å²) < 4.78 is 2.57. The van der Waals surface area contributed by atoms with Gasteiger partial charge < -0.3 is 10.2 Å². The lowest BCUT2D eigenvalue weighted by atomic mass is 10.3. The summed E-state index contributed by atoms with van der Waals surface area (Å²) in [5.41, 5.74) is 1.57. The molecular weight excluding hydrogens is 404 g/mol. The Morgan fingerprint density at radius 2 is 2.08 bits per heavy atom. The van der Waals surface area contributed by atoms with E-state index in [-0.39, 0.29) is 18.4 Å². The van der Waals surface area contributed by atoms with Crippen LogP contribution in [0.2, 0.25) is 0 Å². The predicted octanol–water partition coefficient (Wildman–Crippen LogP) is 3.42. The number of carbonyl (C=O) groups excluding carboxylic acids is 2. The van der Waals surface area contributed by atoms with E-state index in [1.807, 2.05) is 38.2 Å². The minimum Gasteiger partial charge on any atom is -0.332 e. The maximum Gasteiger partial charge on any atom is 0.264 e. The maximum atomic E-state index is 12.6. The van der Waals surface area contributed by atoms with Gasteiger partial charge in [0.2, 0.25) is 5.91 Å². The summed E-state index contributed by atoms with van der Waals surface area (Å²) >= 11 is 4.77. The summed E-state index contributed by atoms with van der Waals surface area (Å²) in [6.45, 7) is 1.89. The third-order valence-electron chi connectivity index (χ3n) is 3.78. The largest absolute Gasteiger partial charge is 0.332 e. The number of halogens is 1. The number of thiophene rings is 1. The molecule has 1 aromatic carbocycles. The molecule has 0 aliphatic carbocycles. The highest BCUT2D eigenvalue weighted by Gasteiger charge is 2.20. The third-order valence-corrected chi connectivity index (χ3v) is 5.66. The zero-order valence-corrected chi connectivity index (χ0v) is 16.4. The van der Waals surface area contributed by atoms with E-state index in [2.05, 4.69) is 26.3 Å². The van der Waals surface area contributed by atoms with Crippen LogP contribution in [0.25, 0.3) is 10.2 Å². The van der Waals surface area contributed by atoms with Crippen molar-refractivity contribution in [3.05, 3.63) is 45.4 Å². The number of hydrogen-bond donors (Lipinski definition) is 1. The molecule has 130 valence electrons. The van der Waals surface area contributed by atoms with E-state index >= 15 is 0 Å². The van der Waals surface area contributed by atoms with Gasteiger partial charge in [-0.25, -0.2) is 0 Å². The van der Waals surface area contributed by atoms with Gasteiger partial charge in [-0.3, -0.25) is 14.3 Å². The smallest absolute Gasteiger partial charge is 0.264 e. The molecule has 0 atom stereocenters. The average molecular weight is 421 g/mol. The minimum atomic E-state index is -0.248. The fourth-order valence-electron chi connectivity index (χ4n) is 2.54. The predicted molar refractivity (Wildman–Crippen MR) is 103 cm³/mol. The van der Waals surface area contributed by atoms with Crippen molar-refractivity contribution in [3.8, 4) is 0 Å². The molecule has 0 saturated heterocycles. The zero-order valence-electron chi connectivity index (χ0n) is 14.0. The molecule has 2 aromatic heterocycles. The van der Waals surface area contributed by atoms with Crippen LogP contribution in [0.3, 0.4) is 0 Å². The molecule has 3 aromatic rings. The maximum absolute atomic E-state index is 12.6. The Balaban J connectivity index is 1.70. The average Bonchev–Trinajstić information content (AvgIpc) is 3.11. The molecule has 25 heavy (non-hydrogen) atoms. The summed E-state index contributed by atoms with van der Waals surface area (Å²) in [5.74, 6) is -0.426. The molecule has 3 rings (SSSR count). The van der Waals surface area contributed by atoms with E-state index in [0.29, 0.717) is 10.6 Å². The Bertz CT molecular complexity index is 928. The Morgan fingerprint density at radius 1 is 1.36 bits per heavy atom. The van der Waals surface area contributed by atoms with Crippen molar-refractivity contribution in [3.63, 3.8) is 0 Å². The Hall–Kier alpha value is -2.19. The first-order chi connectivity index (χ1) is 11.9. The van der Waals surface area contributed by atoms with Gasteiger partial charge in [0.15, 0.2) is 0 Å². The fourth-order valence-corrected chi connectivity index (χ4v) is 4.04. The van der Waals surface area contributed by atoms with Crippen LogP contribution >= 0.6 is 27.3 Å². The fraction of sp³-hybridized carbons (Fsp3) is 0.235. The molecule has 2 heterocycles. The van der Waals surface area contributed by atoms with Gasteiger partial charge in [0.25, 0.3) is 5.91 Å². The van der Waals surface area contributed by atoms with Gasteiger partial charge in [0.1, 0.15) is 4.83 Å². The molecule has 8 heteroatoms. The number of fused-ring (bicyclic) bond motifs is 1. The number of anilines is 1. The second-order valence-corrected chi connectivity index (χ2v) is 7.61. The number of rotatable bonds is 4. The molecule has 2 amide bonds. The number of aromatic nitrogens is 2. The Morgan fingerprint density at radius 3 is 2.76 bits per heavy atom. The van der Waals surface area contributed by atoms with Crippen LogP contribution in [0, 0.1) is 6.92 Å². The standard InChI is InChI=1S/C17H17BrN4O2S/c1-10-11-8-14(25-17(11)22(3)20-10)16(24)21(2)9-15(23)19-13-7-5-4-6-12(13)18/h4-8H,9H2,1-3H3,(H,19,23). The van der Waals surface area contributed by atoms with E-state index in [0.717, 1.165) is 20.4 Å². The number of para-hydroxylation sites is 1. The Kier molecular flexibility index (Phi) is 4.91. The molecule has 0 bridgehead atoms. The van der Waals surface area contributed by atoms with E-state index in [1.54, 1.807) is 17.8 Å². The van der Waals surface area contributed by atoms with Crippen molar-refractivity contribution in [2.24, 2.45) is 7.05 Å². The molecule has 0 fully saturated rings. The summed E-state index contributed by atoms with van der Waals surface area (Å²) in [4.78, 5) is 27.8. The normalized spacial score (nSPS) is 10.9. The molecule has 0 radical (unpaired) electrons. The Labute approximate surface area is 157 Å². The molecule has 0 aliphatic rings. The van der Waals surface area contributed by atoms with Crippen molar-refractivity contribution in [1.82, 2.24) is 14.7 Å². The van der Waals surface area contributed by atoms with Crippen LogP contribution in [0.4, 0.5) is 5.69 Å². The first kappa shape index (κ1) is 17.6. The summed E-state index contributed by atoms with van der Waals surface area (Å²) in [7, 11) is 3.48. The van der Waals surface area contributed by atoms with E-state index in [4.69, 9.17) is 0 Å². The summed E-state index contributed by atoms with van der Waals surface area (Å²) in [6, 6.07) is 9.19. The van der Waals surface area contributed by atoms with Gasteiger partial charge >= 0.3 is 0 Å². The van der Waals surface area contributed by atoms with Crippen LogP contribution in [0.5, 0.6) is 0 Å². The highest BCUT2D eigenvalue weighted by Crippen LogP contribution is 2.28. The van der Waals surface area contributed by atoms with E-state index in [1.165, 1.54) is 16.2 Å². The number of carbonyl (C=O) groups is 2. The first-order valence-corrected chi connectivity index (χ1v) is 9.20. The number of nitrogens with one attached hydrogen (secondary N) is 1. The second-order valence-electron chi connectivity index (χ2n) is 5.73. The molecule has 0 unspecified atom stereocenters. The highest BCUT2D eigenvalue weighted by atomic mass is 79.9. The van der Waals surface area contributed by atoms with Crippen LogP contribution in [-0.4, -0.2) is 40.1 Å². The number of nitrogens with zero attached hydrogens (tertiary/aromatic N) is 3. The molecular formula is C17H17BrN4O2S. The van der Waals surface area contributed by atoms with Gasteiger partial charge in [-0.05, 0) is 41.1 Å². The van der Waals surface area contributed by atoms with Gasteiger partial charge in [-0.1, -0.05) is 12.1 Å². The second kappa shape index (κ2) is 6.97. The lowest BCUT2D eigenvalue weighted by Crippen LogP contribution is -2.34. The van der Waals surface area contributed by atoms with Crippen molar-refractivity contribution >= 4 is 55.0 Å². The number of amides is 2. The topological polar surface area (TPSA) is 67.2 Å². The number of hydrogen-bond acceptors (Lipinski definition) is 4. The van der Waals surface area contributed by atoms with Gasteiger partial charge in [0, 0.05) is 24.0 Å². The summed E-state index contributed by atoms with van der Waals surface area (Å²) in [6.07, 6.45) is 0. The summed E-state index contributed by atoms with van der Waals surface area (Å²) in [5, 5.41) is 8.10. The van der Waals surface area contributed by atoms with Gasteiger partial charge in [0.05, 0.1) is 22.8 Å². The van der Waals surface area contributed by atoms with Crippen molar-refractivity contribution < 1.29 is 9.59 Å². The molecule has 1 N–H and O–H groups in total. The van der Waals surface area contributed by atoms with Crippen molar-refractivity contribution in [2.45, 2.75) is 6.92 Å².